The van der Waals surface area contributed by atoms with Crippen molar-refractivity contribution in [2.45, 2.75) is 27.4 Å². The first-order chi connectivity index (χ1) is 13.5. The van der Waals surface area contributed by atoms with E-state index >= 15 is 0 Å². The molecule has 0 bridgehead atoms. The number of rotatable bonds is 7. The van der Waals surface area contributed by atoms with Crippen LogP contribution in [0.5, 0.6) is 11.5 Å². The highest BCUT2D eigenvalue weighted by atomic mass is 32.1. The minimum atomic E-state index is -0.120. The van der Waals surface area contributed by atoms with Gasteiger partial charge in [0.05, 0.1) is 6.61 Å². The predicted octanol–water partition coefficient (Wildman–Crippen LogP) is 4.05. The van der Waals surface area contributed by atoms with E-state index < -0.39 is 0 Å². The van der Waals surface area contributed by atoms with Gasteiger partial charge in [0.25, 0.3) is 5.91 Å². The smallest absolute Gasteiger partial charge is 0.276 e. The van der Waals surface area contributed by atoms with Crippen molar-refractivity contribution in [1.29, 1.82) is 0 Å². The molecule has 0 aromatic heterocycles. The molecule has 2 aromatic carbocycles. The molecule has 1 aliphatic heterocycles. The Balaban J connectivity index is 1.79. The second-order valence-corrected chi connectivity index (χ2v) is 6.84. The summed E-state index contributed by atoms with van der Waals surface area (Å²) in [6, 6.07) is 13.9. The molecular weight excluding hydrogens is 372 g/mol. The number of amides is 1. The number of hydrogen-bond donors (Lipinski definition) is 1. The topological polar surface area (TPSA) is 50.8 Å². The van der Waals surface area contributed by atoms with E-state index in [-0.39, 0.29) is 5.91 Å². The number of carbonyl (C=O) groups is 1. The normalized spacial score (nSPS) is 15.1. The largest absolute Gasteiger partial charge is 0.490 e. The third kappa shape index (κ3) is 4.51. The summed E-state index contributed by atoms with van der Waals surface area (Å²) in [6.07, 6.45) is 1.77. The van der Waals surface area contributed by atoms with Gasteiger partial charge in [0.1, 0.15) is 12.3 Å². The van der Waals surface area contributed by atoms with E-state index in [2.05, 4.69) is 24.4 Å². The molecule has 5 nitrogen and oxygen atoms in total. The quantitative estimate of drug-likeness (QED) is 0.565. The predicted molar refractivity (Wildman–Crippen MR) is 114 cm³/mol. The number of benzene rings is 2. The highest BCUT2D eigenvalue weighted by molar-refractivity contribution is 7.80. The van der Waals surface area contributed by atoms with E-state index in [4.69, 9.17) is 21.7 Å². The van der Waals surface area contributed by atoms with E-state index in [0.717, 1.165) is 11.1 Å². The van der Waals surface area contributed by atoms with Crippen LogP contribution in [0.2, 0.25) is 0 Å². The second kappa shape index (κ2) is 8.89. The molecule has 0 unspecified atom stereocenters. The van der Waals surface area contributed by atoms with Crippen LogP contribution in [0.25, 0.3) is 6.08 Å². The molecular formula is C22H24N2O3S. The van der Waals surface area contributed by atoms with Crippen LogP contribution in [0.3, 0.4) is 0 Å². The van der Waals surface area contributed by atoms with Gasteiger partial charge in [0.15, 0.2) is 16.6 Å². The molecule has 1 aliphatic rings. The molecule has 0 saturated carbocycles. The van der Waals surface area contributed by atoms with Gasteiger partial charge in [-0.15, -0.1) is 0 Å². The number of ether oxygens (including phenoxy) is 2. The van der Waals surface area contributed by atoms with Crippen LogP contribution in [0.4, 0.5) is 0 Å². The first kappa shape index (κ1) is 19.9. The molecule has 1 fully saturated rings. The summed E-state index contributed by atoms with van der Waals surface area (Å²) in [7, 11) is 0. The zero-order chi connectivity index (χ0) is 20.1. The monoisotopic (exact) mass is 396 g/mol. The lowest BCUT2D eigenvalue weighted by Gasteiger charge is -2.13. The van der Waals surface area contributed by atoms with E-state index in [1.807, 2.05) is 44.2 Å². The number of thiocarbonyl (C=S) groups is 1. The van der Waals surface area contributed by atoms with Gasteiger partial charge in [-0.3, -0.25) is 9.69 Å². The van der Waals surface area contributed by atoms with Crippen molar-refractivity contribution < 1.29 is 14.3 Å². The first-order valence-corrected chi connectivity index (χ1v) is 9.72. The summed E-state index contributed by atoms with van der Waals surface area (Å²) in [5.41, 5.74) is 3.60. The summed E-state index contributed by atoms with van der Waals surface area (Å²) in [5.74, 6) is 1.19. The number of carbonyl (C=O) groups excluding carboxylic acids is 1. The van der Waals surface area contributed by atoms with Gasteiger partial charge in [-0.25, -0.2) is 0 Å². The molecule has 1 heterocycles. The Labute approximate surface area is 170 Å². The summed E-state index contributed by atoms with van der Waals surface area (Å²) in [6.45, 7) is 7.39. The van der Waals surface area contributed by atoms with Crippen LogP contribution in [-0.2, 0) is 11.4 Å². The van der Waals surface area contributed by atoms with Crippen LogP contribution in [0, 0.1) is 6.92 Å². The van der Waals surface area contributed by atoms with Crippen LogP contribution >= 0.6 is 12.2 Å². The van der Waals surface area contributed by atoms with Gasteiger partial charge in [0, 0.05) is 6.54 Å². The highest BCUT2D eigenvalue weighted by Gasteiger charge is 2.29. The van der Waals surface area contributed by atoms with E-state index in [9.17, 15) is 4.79 Å². The molecule has 1 saturated heterocycles. The van der Waals surface area contributed by atoms with Gasteiger partial charge >= 0.3 is 0 Å². The molecule has 0 aliphatic carbocycles. The fraction of sp³-hybridized carbons (Fsp3) is 0.273. The first-order valence-electron chi connectivity index (χ1n) is 9.31. The molecule has 0 spiro atoms. The van der Waals surface area contributed by atoms with Crippen molar-refractivity contribution in [2.75, 3.05) is 13.2 Å². The summed E-state index contributed by atoms with van der Waals surface area (Å²) < 4.78 is 11.7. The SMILES string of the molecule is CCOc1cc(C=C2NC(=S)N(CC)C2=O)ccc1OCc1ccc(C)cc1. The van der Waals surface area contributed by atoms with Crippen molar-refractivity contribution in [3.63, 3.8) is 0 Å². The number of likely N-dealkylation sites (N-methyl/N-ethyl adjacent to an activating group) is 1. The fourth-order valence-corrected chi connectivity index (χ4v) is 3.19. The minimum absolute atomic E-state index is 0.120. The van der Waals surface area contributed by atoms with E-state index in [1.54, 1.807) is 6.08 Å². The number of nitrogens with zero attached hydrogens (tertiary/aromatic N) is 1. The minimum Gasteiger partial charge on any atom is -0.490 e. The lowest BCUT2D eigenvalue weighted by atomic mass is 10.1. The molecule has 6 heteroatoms. The number of nitrogens with one attached hydrogen (secondary N) is 1. The van der Waals surface area contributed by atoms with E-state index in [1.165, 1.54) is 10.5 Å². The van der Waals surface area contributed by atoms with E-state index in [0.29, 0.717) is 42.1 Å². The Kier molecular flexibility index (Phi) is 6.31. The number of aryl methyl sites for hydroxylation is 1. The van der Waals surface area contributed by atoms with Crippen LogP contribution in [0.1, 0.15) is 30.5 Å². The molecule has 146 valence electrons. The van der Waals surface area contributed by atoms with Gasteiger partial charge in [-0.05, 0) is 62.3 Å². The van der Waals surface area contributed by atoms with Crippen molar-refractivity contribution >= 4 is 29.3 Å². The average molecular weight is 397 g/mol. The Morgan fingerprint density at radius 1 is 1.07 bits per heavy atom. The maximum atomic E-state index is 12.4. The van der Waals surface area contributed by atoms with Crippen molar-refractivity contribution in [1.82, 2.24) is 10.2 Å². The highest BCUT2D eigenvalue weighted by Crippen LogP contribution is 2.30. The average Bonchev–Trinajstić information content (AvgIpc) is 2.95. The summed E-state index contributed by atoms with van der Waals surface area (Å²) >= 11 is 5.20. The van der Waals surface area contributed by atoms with Crippen LogP contribution in [-0.4, -0.2) is 29.1 Å². The molecule has 1 amide bonds. The van der Waals surface area contributed by atoms with Crippen molar-refractivity contribution in [3.05, 3.63) is 64.9 Å². The summed E-state index contributed by atoms with van der Waals surface area (Å²) in [4.78, 5) is 13.9. The standard InChI is InChI=1S/C22H24N2O3S/c1-4-24-21(25)18(23-22(24)28)12-17-10-11-19(20(13-17)26-5-2)27-14-16-8-6-15(3)7-9-16/h6-13H,4-5,14H2,1-3H3,(H,23,28). The third-order valence-corrected chi connectivity index (χ3v) is 4.69. The Bertz CT molecular complexity index is 906. The van der Waals surface area contributed by atoms with Crippen molar-refractivity contribution in [2.24, 2.45) is 0 Å². The number of hydrogen-bond acceptors (Lipinski definition) is 4. The zero-order valence-corrected chi connectivity index (χ0v) is 17.1. The lowest BCUT2D eigenvalue weighted by Crippen LogP contribution is -2.30. The van der Waals surface area contributed by atoms with Crippen LogP contribution in [0.15, 0.2) is 48.2 Å². The Morgan fingerprint density at radius 2 is 1.82 bits per heavy atom. The van der Waals surface area contributed by atoms with Gasteiger partial charge in [0.2, 0.25) is 0 Å². The van der Waals surface area contributed by atoms with Gasteiger partial charge in [-0.1, -0.05) is 35.9 Å². The molecule has 1 N–H and O–H groups in total. The fourth-order valence-electron chi connectivity index (χ4n) is 2.87. The molecule has 0 radical (unpaired) electrons. The summed E-state index contributed by atoms with van der Waals surface area (Å²) in [5, 5.41) is 3.40. The van der Waals surface area contributed by atoms with Gasteiger partial charge in [-0.2, -0.15) is 0 Å². The molecule has 3 rings (SSSR count). The molecule has 2 aromatic rings. The molecule has 0 atom stereocenters. The van der Waals surface area contributed by atoms with Gasteiger partial charge < -0.3 is 14.8 Å². The lowest BCUT2D eigenvalue weighted by molar-refractivity contribution is -0.122. The maximum Gasteiger partial charge on any atom is 0.276 e. The van der Waals surface area contributed by atoms with Crippen LogP contribution < -0.4 is 14.8 Å². The Morgan fingerprint density at radius 3 is 2.46 bits per heavy atom. The Hall–Kier alpha value is -2.86. The zero-order valence-electron chi connectivity index (χ0n) is 16.3. The maximum absolute atomic E-state index is 12.4. The second-order valence-electron chi connectivity index (χ2n) is 6.45. The third-order valence-electron chi connectivity index (χ3n) is 4.37. The van der Waals surface area contributed by atoms with Crippen molar-refractivity contribution in [3.8, 4) is 11.5 Å². The molecule has 28 heavy (non-hydrogen) atoms.